The highest BCUT2D eigenvalue weighted by molar-refractivity contribution is 6.90. The fourth-order valence-electron chi connectivity index (χ4n) is 1.67. The first-order valence-electron chi connectivity index (χ1n) is 5.24. The Morgan fingerprint density at radius 2 is 1.87 bits per heavy atom. The lowest BCUT2D eigenvalue weighted by Gasteiger charge is -2.21. The van der Waals surface area contributed by atoms with Crippen molar-refractivity contribution in [3.05, 3.63) is 42.5 Å². The van der Waals surface area contributed by atoms with Crippen molar-refractivity contribution in [2.45, 2.75) is 25.6 Å². The molecule has 0 aliphatic rings. The van der Waals surface area contributed by atoms with E-state index in [1.165, 1.54) is 5.19 Å². The van der Waals surface area contributed by atoms with Crippen LogP contribution in [0.1, 0.15) is 5.56 Å². The number of carbonyl (C=O) groups is 1. The van der Waals surface area contributed by atoms with Gasteiger partial charge in [0.05, 0.1) is 8.07 Å². The third kappa shape index (κ3) is 3.17. The second kappa shape index (κ2) is 5.08. The van der Waals surface area contributed by atoms with Crippen LogP contribution in [0.4, 0.5) is 0 Å². The molecule has 0 aromatic heterocycles. The molecule has 0 aliphatic heterocycles. The molecule has 0 fully saturated rings. The summed E-state index contributed by atoms with van der Waals surface area (Å²) < 4.78 is 0. The Balaban J connectivity index is 2.87. The largest absolute Gasteiger partial charge is 0.303 e. The quantitative estimate of drug-likeness (QED) is 0.422. The highest BCUT2D eigenvalue weighted by atomic mass is 28.3. The third-order valence-corrected chi connectivity index (χ3v) is 5.91. The van der Waals surface area contributed by atoms with Crippen molar-refractivity contribution in [1.82, 2.24) is 0 Å². The Kier molecular flexibility index (Phi) is 4.03. The average molecular weight is 218 g/mol. The summed E-state index contributed by atoms with van der Waals surface area (Å²) in [5.41, 5.74) is 1.09. The Hall–Kier alpha value is -1.15. The molecule has 0 N–H and O–H groups in total. The minimum absolute atomic E-state index is 0.518. The van der Waals surface area contributed by atoms with Crippen LogP contribution in [0.15, 0.2) is 36.9 Å². The Morgan fingerprint density at radius 3 is 2.33 bits per heavy atom. The normalized spacial score (nSPS) is 11.1. The molecule has 0 bridgehead atoms. The molecule has 0 saturated carbocycles. The molecule has 0 saturated heterocycles. The Bertz CT molecular complexity index is 338. The van der Waals surface area contributed by atoms with E-state index in [4.69, 9.17) is 0 Å². The molecule has 2 heteroatoms. The predicted molar refractivity (Wildman–Crippen MR) is 68.3 cm³/mol. The van der Waals surface area contributed by atoms with Crippen molar-refractivity contribution in [3.8, 4) is 0 Å². The second-order valence-corrected chi connectivity index (χ2v) is 9.20. The van der Waals surface area contributed by atoms with Gasteiger partial charge in [0.2, 0.25) is 0 Å². The lowest BCUT2D eigenvalue weighted by atomic mass is 10.2. The summed E-state index contributed by atoms with van der Waals surface area (Å²) in [6, 6.07) is 9.53. The van der Waals surface area contributed by atoms with Gasteiger partial charge < -0.3 is 4.79 Å². The van der Waals surface area contributed by atoms with E-state index in [1.807, 2.05) is 6.08 Å². The molecular formula is C13H18OSi. The van der Waals surface area contributed by atoms with Crippen LogP contribution in [0.2, 0.25) is 19.1 Å². The molecule has 80 valence electrons. The molecule has 0 radical (unpaired) electrons. The fourth-order valence-corrected chi connectivity index (χ4v) is 3.69. The maximum absolute atomic E-state index is 10.4. The monoisotopic (exact) mass is 218 g/mol. The lowest BCUT2D eigenvalue weighted by Crippen LogP contribution is -2.40. The minimum atomic E-state index is -1.33. The maximum atomic E-state index is 10.4. The maximum Gasteiger partial charge on any atom is 0.124 e. The van der Waals surface area contributed by atoms with E-state index in [1.54, 1.807) is 0 Å². The zero-order chi connectivity index (χ0) is 11.3. The van der Waals surface area contributed by atoms with E-state index in [2.05, 4.69) is 43.9 Å². The highest BCUT2D eigenvalue weighted by Gasteiger charge is 2.20. The van der Waals surface area contributed by atoms with Crippen molar-refractivity contribution in [2.75, 3.05) is 0 Å². The molecule has 0 atom stereocenters. The number of aldehydes is 1. The highest BCUT2D eigenvalue weighted by Crippen LogP contribution is 2.10. The van der Waals surface area contributed by atoms with Crippen LogP contribution in [0.5, 0.6) is 0 Å². The summed E-state index contributed by atoms with van der Waals surface area (Å²) in [6.45, 7) is 8.48. The van der Waals surface area contributed by atoms with Gasteiger partial charge >= 0.3 is 0 Å². The van der Waals surface area contributed by atoms with Gasteiger partial charge in [0.25, 0.3) is 0 Å². The third-order valence-electron chi connectivity index (χ3n) is 2.71. The summed E-state index contributed by atoms with van der Waals surface area (Å²) >= 11 is 0. The lowest BCUT2D eigenvalue weighted by molar-refractivity contribution is -0.107. The van der Waals surface area contributed by atoms with Crippen LogP contribution in [-0.4, -0.2) is 14.4 Å². The van der Waals surface area contributed by atoms with Crippen LogP contribution in [0.25, 0.3) is 0 Å². The van der Waals surface area contributed by atoms with E-state index >= 15 is 0 Å². The van der Waals surface area contributed by atoms with Crippen molar-refractivity contribution in [1.29, 1.82) is 0 Å². The van der Waals surface area contributed by atoms with Gasteiger partial charge in [0, 0.05) is 6.42 Å². The van der Waals surface area contributed by atoms with Gasteiger partial charge in [-0.15, -0.1) is 6.58 Å². The van der Waals surface area contributed by atoms with Crippen molar-refractivity contribution in [2.24, 2.45) is 0 Å². The summed E-state index contributed by atoms with van der Waals surface area (Å²) in [5.74, 6) is 0. The van der Waals surface area contributed by atoms with Gasteiger partial charge in [0.15, 0.2) is 0 Å². The van der Waals surface area contributed by atoms with Gasteiger partial charge in [-0.3, -0.25) is 0 Å². The zero-order valence-corrected chi connectivity index (χ0v) is 10.5. The van der Waals surface area contributed by atoms with Crippen molar-refractivity contribution in [3.63, 3.8) is 0 Å². The van der Waals surface area contributed by atoms with Crippen LogP contribution in [-0.2, 0) is 11.2 Å². The fraction of sp³-hybridized carbons (Fsp3) is 0.308. The smallest absolute Gasteiger partial charge is 0.124 e. The van der Waals surface area contributed by atoms with E-state index in [0.717, 1.165) is 17.9 Å². The average Bonchev–Trinajstić information content (AvgIpc) is 2.19. The predicted octanol–water partition coefficient (Wildman–Crippen LogP) is 2.53. The Morgan fingerprint density at radius 1 is 1.27 bits per heavy atom. The second-order valence-electron chi connectivity index (χ2n) is 4.44. The van der Waals surface area contributed by atoms with E-state index < -0.39 is 8.07 Å². The topological polar surface area (TPSA) is 17.1 Å². The molecule has 0 unspecified atom stereocenters. The molecule has 1 rings (SSSR count). The molecular weight excluding hydrogens is 200 g/mol. The summed E-state index contributed by atoms with van der Waals surface area (Å²) in [7, 11) is -1.33. The number of allylic oxidation sites excluding steroid dienone is 1. The van der Waals surface area contributed by atoms with Crippen molar-refractivity contribution < 1.29 is 4.79 Å². The molecule has 0 amide bonds. The van der Waals surface area contributed by atoms with Crippen molar-refractivity contribution >= 4 is 19.5 Å². The van der Waals surface area contributed by atoms with Gasteiger partial charge in [0.1, 0.15) is 6.29 Å². The molecule has 1 aromatic rings. The van der Waals surface area contributed by atoms with Gasteiger partial charge in [-0.2, -0.15) is 0 Å². The van der Waals surface area contributed by atoms with E-state index in [9.17, 15) is 4.79 Å². The Labute approximate surface area is 92.8 Å². The first-order valence-corrected chi connectivity index (χ1v) is 8.45. The van der Waals surface area contributed by atoms with E-state index in [0.29, 0.717) is 6.42 Å². The van der Waals surface area contributed by atoms with Crippen LogP contribution < -0.4 is 5.19 Å². The zero-order valence-electron chi connectivity index (χ0n) is 9.49. The number of benzene rings is 1. The molecule has 0 aliphatic carbocycles. The summed E-state index contributed by atoms with van der Waals surface area (Å²) in [6.07, 6.45) is 3.47. The van der Waals surface area contributed by atoms with Crippen LogP contribution in [0.3, 0.4) is 0 Å². The number of carbonyl (C=O) groups excluding carboxylic acids is 1. The molecule has 0 spiro atoms. The SMILES string of the molecule is C=CC[Si](C)(C)c1ccc(CC=O)cc1. The molecule has 0 heterocycles. The van der Waals surface area contributed by atoms with Crippen LogP contribution in [0, 0.1) is 0 Å². The number of hydrogen-bond donors (Lipinski definition) is 0. The van der Waals surface area contributed by atoms with Gasteiger partial charge in [-0.05, 0) is 11.6 Å². The van der Waals surface area contributed by atoms with Gasteiger partial charge in [-0.25, -0.2) is 0 Å². The number of rotatable bonds is 5. The first kappa shape index (κ1) is 11.9. The van der Waals surface area contributed by atoms with Gasteiger partial charge in [-0.1, -0.05) is 48.6 Å². The molecule has 1 nitrogen and oxygen atoms in total. The molecule has 15 heavy (non-hydrogen) atoms. The first-order chi connectivity index (χ1) is 7.10. The summed E-state index contributed by atoms with van der Waals surface area (Å²) in [5, 5.41) is 1.43. The summed E-state index contributed by atoms with van der Waals surface area (Å²) in [4.78, 5) is 10.4. The molecule has 1 aromatic carbocycles. The minimum Gasteiger partial charge on any atom is -0.303 e. The standard InChI is InChI=1S/C13H18OSi/c1-4-11-15(2,3)13-7-5-12(6-8-13)9-10-14/h4-8,10H,1,9,11H2,2-3H3. The number of hydrogen-bond acceptors (Lipinski definition) is 1. The van der Waals surface area contributed by atoms with E-state index in [-0.39, 0.29) is 0 Å². The van der Waals surface area contributed by atoms with Crippen LogP contribution >= 0.6 is 0 Å².